The summed E-state index contributed by atoms with van der Waals surface area (Å²) in [5, 5.41) is 11.0. The van der Waals surface area contributed by atoms with E-state index in [1.165, 1.54) is 0 Å². The minimum Gasteiger partial charge on any atom is -0.380 e. The monoisotopic (exact) mass is 260 g/mol. The van der Waals surface area contributed by atoms with Crippen LogP contribution in [0.25, 0.3) is 0 Å². The summed E-state index contributed by atoms with van der Waals surface area (Å²) in [4.78, 5) is 0. The molecule has 6 heteroatoms. The first-order valence-electron chi connectivity index (χ1n) is 5.26. The lowest BCUT2D eigenvalue weighted by atomic mass is 9.91. The van der Waals surface area contributed by atoms with Crippen LogP contribution in [0, 0.1) is 40.0 Å². The van der Waals surface area contributed by atoms with Crippen molar-refractivity contribution in [2.24, 2.45) is 5.41 Å². The van der Waals surface area contributed by atoms with Crippen molar-refractivity contribution < 1.29 is 17.6 Å². The fourth-order valence-corrected chi connectivity index (χ4v) is 1.28. The number of halogens is 4. The number of benzene rings is 1. The van der Waals surface area contributed by atoms with Crippen molar-refractivity contribution in [1.29, 1.82) is 5.26 Å². The predicted octanol–water partition coefficient (Wildman–Crippen LogP) is 3.59. The van der Waals surface area contributed by atoms with Crippen molar-refractivity contribution in [3.63, 3.8) is 0 Å². The molecule has 1 N–H and O–H groups in total. The zero-order valence-corrected chi connectivity index (χ0v) is 9.95. The standard InChI is InChI=1S/C12H12F4N2/c1-12(2,6-17)3-4-18-11-9(15)7(13)5-8(14)10(11)16/h5,18H,3-4H2,1-2H3. The molecule has 1 aromatic rings. The third-order valence-corrected chi connectivity index (χ3v) is 2.47. The molecule has 0 amide bonds. The number of hydrogen-bond acceptors (Lipinski definition) is 2. The van der Waals surface area contributed by atoms with Gasteiger partial charge in [0.25, 0.3) is 0 Å². The van der Waals surface area contributed by atoms with Gasteiger partial charge in [-0.25, -0.2) is 17.6 Å². The lowest BCUT2D eigenvalue weighted by Crippen LogP contribution is -2.16. The molecule has 98 valence electrons. The van der Waals surface area contributed by atoms with E-state index >= 15 is 0 Å². The smallest absolute Gasteiger partial charge is 0.185 e. The summed E-state index contributed by atoms with van der Waals surface area (Å²) in [7, 11) is 0. The van der Waals surface area contributed by atoms with Crippen LogP contribution in [-0.2, 0) is 0 Å². The van der Waals surface area contributed by atoms with Crippen molar-refractivity contribution in [3.05, 3.63) is 29.3 Å². The van der Waals surface area contributed by atoms with Gasteiger partial charge in [0.05, 0.1) is 11.5 Å². The maximum absolute atomic E-state index is 13.2. The van der Waals surface area contributed by atoms with Gasteiger partial charge < -0.3 is 5.32 Å². The zero-order valence-electron chi connectivity index (χ0n) is 9.95. The SMILES string of the molecule is CC(C)(C#N)CCNc1c(F)c(F)cc(F)c1F. The quantitative estimate of drug-likeness (QED) is 0.663. The van der Waals surface area contributed by atoms with Gasteiger partial charge in [0, 0.05) is 12.6 Å². The minimum atomic E-state index is -1.47. The number of nitriles is 1. The Morgan fingerprint density at radius 2 is 1.67 bits per heavy atom. The first-order chi connectivity index (χ1) is 8.28. The number of nitrogens with one attached hydrogen (secondary N) is 1. The molecule has 0 spiro atoms. The van der Waals surface area contributed by atoms with Gasteiger partial charge in [0.1, 0.15) is 5.69 Å². The Hall–Kier alpha value is -1.77. The van der Waals surface area contributed by atoms with E-state index in [0.717, 1.165) is 0 Å². The van der Waals surface area contributed by atoms with Crippen LogP contribution in [0.1, 0.15) is 20.3 Å². The highest BCUT2D eigenvalue weighted by atomic mass is 19.2. The second-order valence-electron chi connectivity index (χ2n) is 4.52. The molecule has 0 heterocycles. The molecule has 0 saturated heterocycles. The van der Waals surface area contributed by atoms with Crippen LogP contribution in [0.5, 0.6) is 0 Å². The molecule has 0 saturated carbocycles. The lowest BCUT2D eigenvalue weighted by molar-refractivity contribution is 0.449. The van der Waals surface area contributed by atoms with E-state index < -0.39 is 34.4 Å². The van der Waals surface area contributed by atoms with Crippen LogP contribution >= 0.6 is 0 Å². The largest absolute Gasteiger partial charge is 0.380 e. The van der Waals surface area contributed by atoms with E-state index in [2.05, 4.69) is 5.32 Å². The van der Waals surface area contributed by atoms with E-state index in [4.69, 9.17) is 5.26 Å². The predicted molar refractivity (Wildman–Crippen MR) is 58.8 cm³/mol. The van der Waals surface area contributed by atoms with Gasteiger partial charge in [0.15, 0.2) is 23.3 Å². The van der Waals surface area contributed by atoms with Crippen LogP contribution in [0.3, 0.4) is 0 Å². The van der Waals surface area contributed by atoms with E-state index in [1.807, 2.05) is 6.07 Å². The summed E-state index contributed by atoms with van der Waals surface area (Å²) in [6, 6.07) is 2.15. The molecule has 0 unspecified atom stereocenters. The summed E-state index contributed by atoms with van der Waals surface area (Å²) < 4.78 is 52.2. The van der Waals surface area contributed by atoms with Crippen molar-refractivity contribution >= 4 is 5.69 Å². The highest BCUT2D eigenvalue weighted by Gasteiger charge is 2.20. The molecular formula is C12H12F4N2. The fourth-order valence-electron chi connectivity index (χ4n) is 1.28. The van der Waals surface area contributed by atoms with Gasteiger partial charge in [-0.2, -0.15) is 5.26 Å². The molecule has 0 fully saturated rings. The Labute approximate surface area is 102 Å². The first kappa shape index (κ1) is 14.3. The van der Waals surface area contributed by atoms with E-state index in [0.29, 0.717) is 0 Å². The number of nitrogens with zero attached hydrogens (tertiary/aromatic N) is 1. The molecule has 0 aliphatic carbocycles. The normalized spacial score (nSPS) is 11.2. The molecule has 0 aliphatic heterocycles. The summed E-state index contributed by atoms with van der Waals surface area (Å²) in [5.74, 6) is -5.86. The number of hydrogen-bond donors (Lipinski definition) is 1. The summed E-state index contributed by atoms with van der Waals surface area (Å²) in [6.45, 7) is 3.32. The molecule has 1 aromatic carbocycles. The van der Waals surface area contributed by atoms with Gasteiger partial charge in [0.2, 0.25) is 0 Å². The van der Waals surface area contributed by atoms with Gasteiger partial charge in [-0.1, -0.05) is 0 Å². The first-order valence-corrected chi connectivity index (χ1v) is 5.26. The average Bonchev–Trinajstić information content (AvgIpc) is 2.31. The Morgan fingerprint density at radius 3 is 2.11 bits per heavy atom. The lowest BCUT2D eigenvalue weighted by Gasteiger charge is -2.16. The highest BCUT2D eigenvalue weighted by molar-refractivity contribution is 5.47. The van der Waals surface area contributed by atoms with E-state index in [1.54, 1.807) is 13.8 Å². The highest BCUT2D eigenvalue weighted by Crippen LogP contribution is 2.25. The zero-order chi connectivity index (χ0) is 13.9. The molecule has 1 rings (SSSR count). The average molecular weight is 260 g/mol. The molecular weight excluding hydrogens is 248 g/mol. The Kier molecular flexibility index (Phi) is 4.17. The molecule has 18 heavy (non-hydrogen) atoms. The molecule has 0 aliphatic rings. The molecule has 0 aromatic heterocycles. The third kappa shape index (κ3) is 3.13. The van der Waals surface area contributed by atoms with Crippen molar-refractivity contribution in [3.8, 4) is 6.07 Å². The van der Waals surface area contributed by atoms with Crippen molar-refractivity contribution in [2.45, 2.75) is 20.3 Å². The number of rotatable bonds is 4. The summed E-state index contributed by atoms with van der Waals surface area (Å²) in [5.41, 5.74) is -1.53. The second-order valence-corrected chi connectivity index (χ2v) is 4.52. The fraction of sp³-hybridized carbons (Fsp3) is 0.417. The Bertz CT molecular complexity index is 466. The van der Waals surface area contributed by atoms with Crippen molar-refractivity contribution in [1.82, 2.24) is 0 Å². The van der Waals surface area contributed by atoms with Gasteiger partial charge in [-0.15, -0.1) is 0 Å². The minimum absolute atomic E-state index is 0.0251. The van der Waals surface area contributed by atoms with Crippen molar-refractivity contribution in [2.75, 3.05) is 11.9 Å². The third-order valence-electron chi connectivity index (χ3n) is 2.47. The topological polar surface area (TPSA) is 35.8 Å². The van der Waals surface area contributed by atoms with E-state index in [-0.39, 0.29) is 19.0 Å². The Morgan fingerprint density at radius 1 is 1.17 bits per heavy atom. The Balaban J connectivity index is 2.84. The summed E-state index contributed by atoms with van der Waals surface area (Å²) >= 11 is 0. The second kappa shape index (κ2) is 5.25. The van der Waals surface area contributed by atoms with Crippen LogP contribution in [-0.4, -0.2) is 6.54 Å². The van der Waals surface area contributed by atoms with Gasteiger partial charge >= 0.3 is 0 Å². The van der Waals surface area contributed by atoms with Crippen LogP contribution < -0.4 is 5.32 Å². The number of anilines is 1. The van der Waals surface area contributed by atoms with Crippen LogP contribution in [0.2, 0.25) is 0 Å². The van der Waals surface area contributed by atoms with Crippen LogP contribution in [0.4, 0.5) is 23.2 Å². The summed E-state index contributed by atoms with van der Waals surface area (Å²) in [6.07, 6.45) is 0.278. The maximum atomic E-state index is 13.2. The van der Waals surface area contributed by atoms with Gasteiger partial charge in [-0.3, -0.25) is 0 Å². The maximum Gasteiger partial charge on any atom is 0.185 e. The van der Waals surface area contributed by atoms with E-state index in [9.17, 15) is 17.6 Å². The molecule has 0 atom stereocenters. The molecule has 0 bridgehead atoms. The van der Waals surface area contributed by atoms with Crippen LogP contribution in [0.15, 0.2) is 6.07 Å². The van der Waals surface area contributed by atoms with Gasteiger partial charge in [-0.05, 0) is 20.3 Å². The molecule has 2 nitrogen and oxygen atoms in total. The molecule has 0 radical (unpaired) electrons.